The molecule has 0 aliphatic rings. The third-order valence-corrected chi connectivity index (χ3v) is 1.31. The van der Waals surface area contributed by atoms with Crippen molar-refractivity contribution in [3.63, 3.8) is 0 Å². The second-order valence-corrected chi connectivity index (χ2v) is 3.15. The molecule has 60 valence electrons. The number of rotatable bonds is 4. The molecule has 0 aromatic carbocycles. The van der Waals surface area contributed by atoms with Crippen molar-refractivity contribution in [2.24, 2.45) is 0 Å². The van der Waals surface area contributed by atoms with E-state index in [-0.39, 0.29) is 10.8 Å². The smallest absolute Gasteiger partial charge is 0.302 e. The van der Waals surface area contributed by atoms with E-state index in [1.54, 1.807) is 0 Å². The Hall–Kier alpha value is 0.0500. The average molecular weight is 185 g/mol. The standard InChI is InChI=1S/C6H10Cl2O2/c1-5(9)10-4-2-3-6(7)8/h6H,2-4H2,1H3. The van der Waals surface area contributed by atoms with Gasteiger partial charge in [-0.2, -0.15) is 0 Å². The number of esters is 1. The zero-order valence-corrected chi connectivity index (χ0v) is 7.28. The van der Waals surface area contributed by atoms with Crippen LogP contribution < -0.4 is 0 Å². The van der Waals surface area contributed by atoms with Crippen LogP contribution in [0.3, 0.4) is 0 Å². The Kier molecular flexibility index (Phi) is 5.84. The molecule has 0 unspecified atom stereocenters. The van der Waals surface area contributed by atoms with Gasteiger partial charge in [0, 0.05) is 6.92 Å². The third-order valence-electron chi connectivity index (χ3n) is 0.872. The number of halogens is 2. The van der Waals surface area contributed by atoms with Gasteiger partial charge in [-0.3, -0.25) is 4.79 Å². The summed E-state index contributed by atoms with van der Waals surface area (Å²) in [6, 6.07) is 0. The molecule has 4 heteroatoms. The van der Waals surface area contributed by atoms with Gasteiger partial charge in [0.05, 0.1) is 6.61 Å². The summed E-state index contributed by atoms with van der Waals surface area (Å²) in [5.41, 5.74) is 0. The molecule has 0 heterocycles. The van der Waals surface area contributed by atoms with Gasteiger partial charge in [0.25, 0.3) is 0 Å². The monoisotopic (exact) mass is 184 g/mol. The quantitative estimate of drug-likeness (QED) is 0.381. The van der Waals surface area contributed by atoms with Crippen molar-refractivity contribution in [1.82, 2.24) is 0 Å². The highest BCUT2D eigenvalue weighted by molar-refractivity contribution is 6.44. The van der Waals surface area contributed by atoms with E-state index in [0.29, 0.717) is 13.0 Å². The predicted molar refractivity (Wildman–Crippen MR) is 41.4 cm³/mol. The molecule has 0 fully saturated rings. The summed E-state index contributed by atoms with van der Waals surface area (Å²) in [6.45, 7) is 1.78. The number of hydrogen-bond donors (Lipinski definition) is 0. The number of hydrogen-bond acceptors (Lipinski definition) is 2. The Bertz CT molecular complexity index is 104. The van der Waals surface area contributed by atoms with E-state index in [0.717, 1.165) is 6.42 Å². The molecule has 10 heavy (non-hydrogen) atoms. The molecule has 0 bridgehead atoms. The molecule has 0 N–H and O–H groups in total. The maximum Gasteiger partial charge on any atom is 0.302 e. The van der Waals surface area contributed by atoms with Crippen molar-refractivity contribution in [2.75, 3.05) is 6.61 Å². The van der Waals surface area contributed by atoms with Gasteiger partial charge in [0.2, 0.25) is 0 Å². The maximum absolute atomic E-state index is 10.2. The topological polar surface area (TPSA) is 26.3 Å². The fraction of sp³-hybridized carbons (Fsp3) is 0.833. The molecular weight excluding hydrogens is 175 g/mol. The van der Waals surface area contributed by atoms with Crippen LogP contribution in [0, 0.1) is 0 Å². The lowest BCUT2D eigenvalue weighted by molar-refractivity contribution is -0.141. The predicted octanol–water partition coefficient (Wildman–Crippen LogP) is 2.13. The van der Waals surface area contributed by atoms with E-state index >= 15 is 0 Å². The normalized spacial score (nSPS) is 10.0. The Morgan fingerprint density at radius 1 is 1.60 bits per heavy atom. The number of carbonyl (C=O) groups excluding carboxylic acids is 1. The van der Waals surface area contributed by atoms with Gasteiger partial charge in [-0.1, -0.05) is 0 Å². The molecule has 0 amide bonds. The van der Waals surface area contributed by atoms with Crippen LogP contribution in [-0.2, 0) is 9.53 Å². The molecule has 0 spiro atoms. The minimum Gasteiger partial charge on any atom is -0.466 e. The van der Waals surface area contributed by atoms with E-state index in [1.165, 1.54) is 6.92 Å². The van der Waals surface area contributed by atoms with Gasteiger partial charge >= 0.3 is 5.97 Å². The summed E-state index contributed by atoms with van der Waals surface area (Å²) in [6.07, 6.45) is 1.38. The summed E-state index contributed by atoms with van der Waals surface area (Å²) in [4.78, 5) is 9.85. The van der Waals surface area contributed by atoms with Crippen LogP contribution in [0.15, 0.2) is 0 Å². The third kappa shape index (κ3) is 8.05. The Morgan fingerprint density at radius 3 is 2.60 bits per heavy atom. The van der Waals surface area contributed by atoms with Crippen molar-refractivity contribution in [3.8, 4) is 0 Å². The highest BCUT2D eigenvalue weighted by Gasteiger charge is 1.98. The first-order valence-electron chi connectivity index (χ1n) is 3.04. The molecule has 0 saturated carbocycles. The SMILES string of the molecule is CC(=O)OCCCC(Cl)Cl. The molecule has 0 aromatic rings. The van der Waals surface area contributed by atoms with Gasteiger partial charge in [0.15, 0.2) is 0 Å². The second kappa shape index (κ2) is 5.81. The molecular formula is C6H10Cl2O2. The van der Waals surface area contributed by atoms with Gasteiger partial charge in [-0.25, -0.2) is 0 Å². The van der Waals surface area contributed by atoms with Crippen molar-refractivity contribution in [3.05, 3.63) is 0 Å². The van der Waals surface area contributed by atoms with Gasteiger partial charge < -0.3 is 4.74 Å². The minimum absolute atomic E-state index is 0.263. The Labute approximate surface area is 70.4 Å². The van der Waals surface area contributed by atoms with Crippen LogP contribution in [0.5, 0.6) is 0 Å². The Morgan fingerprint density at radius 2 is 2.20 bits per heavy atom. The lowest BCUT2D eigenvalue weighted by atomic mass is 10.3. The number of carbonyl (C=O) groups is 1. The summed E-state index contributed by atoms with van der Waals surface area (Å²) in [5.74, 6) is -0.263. The molecule has 2 nitrogen and oxygen atoms in total. The summed E-state index contributed by atoms with van der Waals surface area (Å²) < 4.78 is 4.64. The first kappa shape index (κ1) is 10.0. The first-order valence-corrected chi connectivity index (χ1v) is 3.91. The van der Waals surface area contributed by atoms with Crippen molar-refractivity contribution < 1.29 is 9.53 Å². The minimum atomic E-state index is -0.351. The van der Waals surface area contributed by atoms with Gasteiger partial charge in [-0.05, 0) is 12.8 Å². The van der Waals surface area contributed by atoms with E-state index in [2.05, 4.69) is 4.74 Å². The molecule has 0 atom stereocenters. The molecule has 0 saturated heterocycles. The Balaban J connectivity index is 2.98. The van der Waals surface area contributed by atoms with E-state index in [4.69, 9.17) is 23.2 Å². The second-order valence-electron chi connectivity index (χ2n) is 1.87. The zero-order valence-electron chi connectivity index (χ0n) is 5.77. The van der Waals surface area contributed by atoms with Crippen LogP contribution in [0.25, 0.3) is 0 Å². The molecule has 0 aliphatic carbocycles. The fourth-order valence-electron chi connectivity index (χ4n) is 0.454. The molecule has 0 aliphatic heterocycles. The first-order chi connectivity index (χ1) is 4.63. The van der Waals surface area contributed by atoms with Crippen molar-refractivity contribution in [2.45, 2.75) is 24.6 Å². The van der Waals surface area contributed by atoms with E-state index < -0.39 is 0 Å². The van der Waals surface area contributed by atoms with Crippen molar-refractivity contribution >= 4 is 29.2 Å². The fourth-order valence-corrected chi connectivity index (χ4v) is 0.762. The largest absolute Gasteiger partial charge is 0.466 e. The molecule has 0 rings (SSSR count). The van der Waals surface area contributed by atoms with Crippen molar-refractivity contribution in [1.29, 1.82) is 0 Å². The zero-order chi connectivity index (χ0) is 7.98. The molecule has 0 radical (unpaired) electrons. The van der Waals surface area contributed by atoms with Crippen LogP contribution >= 0.6 is 23.2 Å². The van der Waals surface area contributed by atoms with E-state index in [1.807, 2.05) is 0 Å². The van der Waals surface area contributed by atoms with Crippen LogP contribution in [0.4, 0.5) is 0 Å². The van der Waals surface area contributed by atoms with Crippen LogP contribution in [-0.4, -0.2) is 17.4 Å². The van der Waals surface area contributed by atoms with Gasteiger partial charge in [-0.15, -0.1) is 23.2 Å². The lowest BCUT2D eigenvalue weighted by Crippen LogP contribution is -2.01. The lowest BCUT2D eigenvalue weighted by Gasteiger charge is -2.00. The summed E-state index contributed by atoms with van der Waals surface area (Å²) in [5, 5.41) is 0. The molecule has 0 aromatic heterocycles. The number of ether oxygens (including phenoxy) is 1. The summed E-state index contributed by atoms with van der Waals surface area (Å²) >= 11 is 10.8. The van der Waals surface area contributed by atoms with E-state index in [9.17, 15) is 4.79 Å². The maximum atomic E-state index is 10.2. The number of alkyl halides is 2. The van der Waals surface area contributed by atoms with Crippen LogP contribution in [0.1, 0.15) is 19.8 Å². The highest BCUT2D eigenvalue weighted by Crippen LogP contribution is 2.08. The summed E-state index contributed by atoms with van der Waals surface area (Å²) in [7, 11) is 0. The average Bonchev–Trinajstić information content (AvgIpc) is 1.79. The highest BCUT2D eigenvalue weighted by atomic mass is 35.5. The van der Waals surface area contributed by atoms with Gasteiger partial charge in [0.1, 0.15) is 4.84 Å². The van der Waals surface area contributed by atoms with Crippen LogP contribution in [0.2, 0.25) is 0 Å².